The van der Waals surface area contributed by atoms with Gasteiger partial charge in [0.25, 0.3) is 0 Å². The average Bonchev–Trinajstić information content (AvgIpc) is 2.96. The quantitative estimate of drug-likeness (QED) is 0.685. The Morgan fingerprint density at radius 1 is 0.966 bits per heavy atom. The van der Waals surface area contributed by atoms with Crippen LogP contribution in [0, 0.1) is 11.8 Å². The number of hydrogen-bond donors (Lipinski definition) is 1. The van der Waals surface area contributed by atoms with Gasteiger partial charge in [-0.25, -0.2) is 0 Å². The Kier molecular flexibility index (Phi) is 6.26. The molecule has 0 spiro atoms. The third kappa shape index (κ3) is 5.26. The molecular formula is C26H25NO2. The number of aliphatic hydroxyl groups is 1. The van der Waals surface area contributed by atoms with Crippen molar-refractivity contribution in [1.82, 2.24) is 4.90 Å². The predicted octanol–water partition coefficient (Wildman–Crippen LogP) is 4.21. The molecule has 29 heavy (non-hydrogen) atoms. The molecule has 0 fully saturated rings. The van der Waals surface area contributed by atoms with Gasteiger partial charge in [0.15, 0.2) is 0 Å². The number of ether oxygens (including phenoxy) is 1. The minimum absolute atomic E-state index is 0.530. The molecule has 1 aliphatic rings. The van der Waals surface area contributed by atoms with Crippen molar-refractivity contribution >= 4 is 0 Å². The van der Waals surface area contributed by atoms with Crippen molar-refractivity contribution in [3.05, 3.63) is 101 Å². The SMILES string of the molecule is OC(Cc1ccccc1)c1ccc2c(c1)CN(CC#Cc1ccccc1)CCO2. The summed E-state index contributed by atoms with van der Waals surface area (Å²) in [6, 6.07) is 26.2. The molecule has 1 atom stereocenters. The van der Waals surface area contributed by atoms with Crippen LogP contribution in [0.2, 0.25) is 0 Å². The van der Waals surface area contributed by atoms with Gasteiger partial charge in [0.2, 0.25) is 0 Å². The summed E-state index contributed by atoms with van der Waals surface area (Å²) in [6.45, 7) is 2.94. The zero-order valence-electron chi connectivity index (χ0n) is 16.4. The molecule has 0 radical (unpaired) electrons. The molecule has 1 unspecified atom stereocenters. The van der Waals surface area contributed by atoms with Gasteiger partial charge < -0.3 is 9.84 Å². The molecule has 1 heterocycles. The molecule has 3 nitrogen and oxygen atoms in total. The van der Waals surface area contributed by atoms with Crippen LogP contribution in [0.1, 0.15) is 28.4 Å². The van der Waals surface area contributed by atoms with Crippen molar-refractivity contribution in [3.63, 3.8) is 0 Å². The Balaban J connectivity index is 1.45. The molecule has 0 bridgehead atoms. The molecule has 3 aromatic carbocycles. The van der Waals surface area contributed by atoms with Crippen LogP contribution in [-0.2, 0) is 13.0 Å². The highest BCUT2D eigenvalue weighted by Crippen LogP contribution is 2.28. The van der Waals surface area contributed by atoms with E-state index in [1.165, 1.54) is 0 Å². The zero-order chi connectivity index (χ0) is 19.9. The molecule has 3 heteroatoms. The van der Waals surface area contributed by atoms with Crippen molar-refractivity contribution in [2.24, 2.45) is 0 Å². The first kappa shape index (κ1) is 19.3. The first-order valence-corrected chi connectivity index (χ1v) is 10.0. The number of nitrogens with zero attached hydrogens (tertiary/aromatic N) is 1. The van der Waals surface area contributed by atoms with Crippen molar-refractivity contribution in [2.45, 2.75) is 19.1 Å². The number of aliphatic hydroxyl groups excluding tert-OH is 1. The van der Waals surface area contributed by atoms with E-state index in [1.807, 2.05) is 72.8 Å². The van der Waals surface area contributed by atoms with Gasteiger partial charge in [-0.2, -0.15) is 0 Å². The van der Waals surface area contributed by atoms with Crippen LogP contribution in [-0.4, -0.2) is 29.7 Å². The van der Waals surface area contributed by atoms with Gasteiger partial charge in [0.05, 0.1) is 12.6 Å². The summed E-state index contributed by atoms with van der Waals surface area (Å²) in [5.74, 6) is 7.39. The summed E-state index contributed by atoms with van der Waals surface area (Å²) >= 11 is 0. The van der Waals surface area contributed by atoms with Gasteiger partial charge in [0, 0.05) is 30.6 Å². The molecule has 0 saturated heterocycles. The minimum Gasteiger partial charge on any atom is -0.492 e. The number of hydrogen-bond acceptors (Lipinski definition) is 3. The smallest absolute Gasteiger partial charge is 0.123 e. The standard InChI is InChI=1S/C26H25NO2/c28-25(18-22-10-5-2-6-11-22)23-13-14-26-24(19-23)20-27(16-17-29-26)15-7-12-21-8-3-1-4-9-21/h1-6,8-11,13-14,19,25,28H,15-18,20H2. The summed E-state index contributed by atoms with van der Waals surface area (Å²) in [7, 11) is 0. The third-order valence-corrected chi connectivity index (χ3v) is 5.11. The van der Waals surface area contributed by atoms with E-state index in [2.05, 4.69) is 22.8 Å². The van der Waals surface area contributed by atoms with Crippen LogP contribution in [0.15, 0.2) is 78.9 Å². The van der Waals surface area contributed by atoms with Crippen LogP contribution >= 0.6 is 0 Å². The lowest BCUT2D eigenvalue weighted by Gasteiger charge is -2.17. The topological polar surface area (TPSA) is 32.7 Å². The van der Waals surface area contributed by atoms with Gasteiger partial charge in [-0.1, -0.05) is 66.4 Å². The molecule has 1 N–H and O–H groups in total. The van der Waals surface area contributed by atoms with Crippen LogP contribution in [0.3, 0.4) is 0 Å². The van der Waals surface area contributed by atoms with E-state index in [0.717, 1.165) is 41.1 Å². The van der Waals surface area contributed by atoms with Gasteiger partial charge in [-0.3, -0.25) is 4.90 Å². The normalized spacial score (nSPS) is 14.7. The van der Waals surface area contributed by atoms with Crippen molar-refractivity contribution in [1.29, 1.82) is 0 Å². The first-order valence-electron chi connectivity index (χ1n) is 10.0. The molecule has 0 aliphatic carbocycles. The lowest BCUT2D eigenvalue weighted by Crippen LogP contribution is -2.26. The summed E-state index contributed by atoms with van der Waals surface area (Å²) in [5, 5.41) is 10.7. The molecule has 146 valence electrons. The highest BCUT2D eigenvalue weighted by atomic mass is 16.5. The van der Waals surface area contributed by atoms with Crippen molar-refractivity contribution < 1.29 is 9.84 Å². The maximum absolute atomic E-state index is 10.7. The maximum atomic E-state index is 10.7. The van der Waals surface area contributed by atoms with Crippen LogP contribution in [0.4, 0.5) is 0 Å². The summed E-state index contributed by atoms with van der Waals surface area (Å²) < 4.78 is 5.92. The molecule has 0 amide bonds. The second-order valence-corrected chi connectivity index (χ2v) is 7.30. The van der Waals surface area contributed by atoms with E-state index >= 15 is 0 Å². The second-order valence-electron chi connectivity index (χ2n) is 7.30. The Morgan fingerprint density at radius 3 is 2.52 bits per heavy atom. The van der Waals surface area contributed by atoms with E-state index in [4.69, 9.17) is 4.74 Å². The summed E-state index contributed by atoms with van der Waals surface area (Å²) in [5.41, 5.74) is 4.19. The van der Waals surface area contributed by atoms with E-state index < -0.39 is 6.10 Å². The largest absolute Gasteiger partial charge is 0.492 e. The molecule has 0 aromatic heterocycles. The van der Waals surface area contributed by atoms with Gasteiger partial charge in [-0.15, -0.1) is 0 Å². The molecule has 3 aromatic rings. The Hall–Kier alpha value is -3.06. The van der Waals surface area contributed by atoms with Gasteiger partial charge in [-0.05, 0) is 35.4 Å². The van der Waals surface area contributed by atoms with E-state index in [9.17, 15) is 5.11 Å². The van der Waals surface area contributed by atoms with E-state index in [-0.39, 0.29) is 0 Å². The minimum atomic E-state index is -0.530. The zero-order valence-corrected chi connectivity index (χ0v) is 16.4. The number of benzene rings is 3. The molecular weight excluding hydrogens is 358 g/mol. The average molecular weight is 383 g/mol. The maximum Gasteiger partial charge on any atom is 0.123 e. The lowest BCUT2D eigenvalue weighted by molar-refractivity contribution is 0.178. The van der Waals surface area contributed by atoms with Crippen LogP contribution in [0.5, 0.6) is 5.75 Å². The summed E-state index contributed by atoms with van der Waals surface area (Å²) in [4.78, 5) is 2.29. The third-order valence-electron chi connectivity index (χ3n) is 5.11. The van der Waals surface area contributed by atoms with Crippen LogP contribution in [0.25, 0.3) is 0 Å². The fraction of sp³-hybridized carbons (Fsp3) is 0.231. The lowest BCUT2D eigenvalue weighted by atomic mass is 9.99. The Morgan fingerprint density at radius 2 is 1.72 bits per heavy atom. The molecule has 1 aliphatic heterocycles. The fourth-order valence-electron chi connectivity index (χ4n) is 3.54. The van der Waals surface area contributed by atoms with Gasteiger partial charge >= 0.3 is 0 Å². The molecule has 0 saturated carbocycles. The van der Waals surface area contributed by atoms with E-state index in [0.29, 0.717) is 19.6 Å². The second kappa shape index (κ2) is 9.43. The number of fused-ring (bicyclic) bond motifs is 1. The summed E-state index contributed by atoms with van der Waals surface area (Å²) in [6.07, 6.45) is 0.0736. The number of rotatable bonds is 4. The first-order chi connectivity index (χ1) is 14.3. The highest BCUT2D eigenvalue weighted by molar-refractivity contribution is 5.39. The van der Waals surface area contributed by atoms with Crippen molar-refractivity contribution in [3.8, 4) is 17.6 Å². The predicted molar refractivity (Wildman–Crippen MR) is 116 cm³/mol. The van der Waals surface area contributed by atoms with Crippen LogP contribution < -0.4 is 4.74 Å². The fourth-order valence-corrected chi connectivity index (χ4v) is 3.54. The Bertz CT molecular complexity index is 989. The monoisotopic (exact) mass is 383 g/mol. The van der Waals surface area contributed by atoms with Gasteiger partial charge in [0.1, 0.15) is 12.4 Å². The van der Waals surface area contributed by atoms with E-state index in [1.54, 1.807) is 0 Å². The van der Waals surface area contributed by atoms with Crippen molar-refractivity contribution in [2.75, 3.05) is 19.7 Å². The molecule has 4 rings (SSSR count). The highest BCUT2D eigenvalue weighted by Gasteiger charge is 2.17. The Labute approximate surface area is 172 Å².